The maximum absolute atomic E-state index is 9.24. The van der Waals surface area contributed by atoms with Gasteiger partial charge in [0, 0.05) is 32.1 Å². The number of hydrogen-bond acceptors (Lipinski definition) is 6. The van der Waals surface area contributed by atoms with E-state index < -0.39 is 0 Å². The predicted octanol–water partition coefficient (Wildman–Crippen LogP) is 1.95. The van der Waals surface area contributed by atoms with Crippen LogP contribution in [0.15, 0.2) is 43.1 Å². The van der Waals surface area contributed by atoms with Crippen LogP contribution in [-0.4, -0.2) is 44.2 Å². The van der Waals surface area contributed by atoms with Crippen molar-refractivity contribution in [3.8, 4) is 0 Å². The Labute approximate surface area is 146 Å². The van der Waals surface area contributed by atoms with E-state index in [4.69, 9.17) is 0 Å². The van der Waals surface area contributed by atoms with Crippen LogP contribution in [0.25, 0.3) is 5.65 Å². The summed E-state index contributed by atoms with van der Waals surface area (Å²) in [6, 6.07) is 4.12. The summed E-state index contributed by atoms with van der Waals surface area (Å²) in [5.41, 5.74) is 3.05. The predicted molar refractivity (Wildman–Crippen MR) is 96.6 cm³/mol. The van der Waals surface area contributed by atoms with E-state index in [9.17, 15) is 5.11 Å². The van der Waals surface area contributed by atoms with Gasteiger partial charge >= 0.3 is 0 Å². The van der Waals surface area contributed by atoms with E-state index in [1.54, 1.807) is 12.4 Å². The van der Waals surface area contributed by atoms with Crippen molar-refractivity contribution in [1.29, 1.82) is 0 Å². The molecule has 3 aromatic heterocycles. The number of anilines is 2. The first-order valence-corrected chi connectivity index (χ1v) is 8.65. The molecule has 1 aliphatic heterocycles. The van der Waals surface area contributed by atoms with E-state index in [1.807, 2.05) is 29.1 Å². The van der Waals surface area contributed by atoms with E-state index in [2.05, 4.69) is 31.2 Å². The second kappa shape index (κ2) is 7.06. The van der Waals surface area contributed by atoms with Gasteiger partial charge in [-0.25, -0.2) is 9.97 Å². The van der Waals surface area contributed by atoms with Crippen molar-refractivity contribution in [3.05, 3.63) is 48.8 Å². The molecule has 4 rings (SSSR count). The lowest BCUT2D eigenvalue weighted by atomic mass is 9.98. The standard InChI is InChI=1S/C18H22N6O/c25-13-14-3-6-23(7-4-14)15-1-2-17(20-9-15)21-10-16-11-22-18-12-19-5-8-24(16)18/h1-2,5,8-9,11-12,14,25H,3-4,6-7,10,13H2,(H,20,21). The molecule has 1 aliphatic rings. The van der Waals surface area contributed by atoms with Crippen molar-refractivity contribution in [2.75, 3.05) is 29.9 Å². The van der Waals surface area contributed by atoms with Crippen LogP contribution in [0, 0.1) is 5.92 Å². The Balaban J connectivity index is 1.38. The van der Waals surface area contributed by atoms with Crippen LogP contribution in [-0.2, 0) is 6.54 Å². The van der Waals surface area contributed by atoms with Crippen molar-refractivity contribution in [2.45, 2.75) is 19.4 Å². The maximum atomic E-state index is 9.24. The SMILES string of the molecule is OCC1CCN(c2ccc(NCc3cnc4cnccn34)nc2)CC1. The second-order valence-electron chi connectivity index (χ2n) is 6.42. The Morgan fingerprint density at radius 3 is 2.76 bits per heavy atom. The van der Waals surface area contributed by atoms with Gasteiger partial charge in [0.25, 0.3) is 0 Å². The molecule has 4 heterocycles. The fourth-order valence-electron chi connectivity index (χ4n) is 3.26. The van der Waals surface area contributed by atoms with E-state index in [1.165, 1.54) is 0 Å². The van der Waals surface area contributed by atoms with Crippen LogP contribution in [0.5, 0.6) is 0 Å². The van der Waals surface area contributed by atoms with Crippen LogP contribution in [0.4, 0.5) is 11.5 Å². The summed E-state index contributed by atoms with van der Waals surface area (Å²) in [7, 11) is 0. The number of aromatic nitrogens is 4. The number of rotatable bonds is 5. The molecule has 0 amide bonds. The number of nitrogens with one attached hydrogen (secondary N) is 1. The summed E-state index contributed by atoms with van der Waals surface area (Å²) < 4.78 is 2.01. The normalized spacial score (nSPS) is 15.6. The molecule has 2 N–H and O–H groups in total. The van der Waals surface area contributed by atoms with Crippen LogP contribution in [0.3, 0.4) is 0 Å². The first-order chi connectivity index (χ1) is 12.3. The summed E-state index contributed by atoms with van der Waals surface area (Å²) in [4.78, 5) is 15.3. The van der Waals surface area contributed by atoms with Crippen LogP contribution in [0.1, 0.15) is 18.5 Å². The second-order valence-corrected chi connectivity index (χ2v) is 6.42. The molecule has 0 aromatic carbocycles. The van der Waals surface area contributed by atoms with Crippen molar-refractivity contribution in [3.63, 3.8) is 0 Å². The Bertz CT molecular complexity index is 823. The van der Waals surface area contributed by atoms with Gasteiger partial charge in [0.1, 0.15) is 5.82 Å². The topological polar surface area (TPSA) is 78.6 Å². The molecule has 7 nitrogen and oxygen atoms in total. The molecule has 0 saturated carbocycles. The highest BCUT2D eigenvalue weighted by molar-refractivity contribution is 5.50. The van der Waals surface area contributed by atoms with Gasteiger partial charge in [-0.15, -0.1) is 0 Å². The lowest BCUT2D eigenvalue weighted by molar-refractivity contribution is 0.203. The highest BCUT2D eigenvalue weighted by atomic mass is 16.3. The zero-order valence-corrected chi connectivity index (χ0v) is 14.0. The number of pyridine rings is 1. The number of aliphatic hydroxyl groups is 1. The molecule has 3 aromatic rings. The third-order valence-electron chi connectivity index (χ3n) is 4.83. The van der Waals surface area contributed by atoms with Gasteiger partial charge in [0.15, 0.2) is 5.65 Å². The van der Waals surface area contributed by atoms with Gasteiger partial charge in [-0.3, -0.25) is 9.38 Å². The zero-order valence-electron chi connectivity index (χ0n) is 14.0. The average Bonchev–Trinajstić information content (AvgIpc) is 3.10. The fraction of sp³-hybridized carbons (Fsp3) is 0.389. The number of piperidine rings is 1. The summed E-state index contributed by atoms with van der Waals surface area (Å²) >= 11 is 0. The molecule has 0 aliphatic carbocycles. The number of imidazole rings is 1. The first-order valence-electron chi connectivity index (χ1n) is 8.65. The molecule has 0 atom stereocenters. The lowest BCUT2D eigenvalue weighted by Crippen LogP contribution is -2.34. The Kier molecular flexibility index (Phi) is 4.47. The highest BCUT2D eigenvalue weighted by Gasteiger charge is 2.18. The minimum atomic E-state index is 0.300. The molecular formula is C18H22N6O. The molecule has 0 unspecified atom stereocenters. The molecule has 0 bridgehead atoms. The third-order valence-corrected chi connectivity index (χ3v) is 4.83. The van der Waals surface area contributed by atoms with Gasteiger partial charge in [0.05, 0.1) is 36.5 Å². The minimum Gasteiger partial charge on any atom is -0.396 e. The first kappa shape index (κ1) is 15.8. The highest BCUT2D eigenvalue weighted by Crippen LogP contribution is 2.23. The van der Waals surface area contributed by atoms with E-state index in [0.717, 1.165) is 48.8 Å². The fourth-order valence-corrected chi connectivity index (χ4v) is 3.26. The zero-order chi connectivity index (χ0) is 17.1. The van der Waals surface area contributed by atoms with Gasteiger partial charge in [0.2, 0.25) is 0 Å². The van der Waals surface area contributed by atoms with E-state index in [-0.39, 0.29) is 0 Å². The molecule has 0 radical (unpaired) electrons. The summed E-state index contributed by atoms with van der Waals surface area (Å²) in [6.07, 6.45) is 11.3. The van der Waals surface area contributed by atoms with Gasteiger partial charge in [-0.1, -0.05) is 0 Å². The number of hydrogen-bond donors (Lipinski definition) is 2. The van der Waals surface area contributed by atoms with Gasteiger partial charge in [-0.05, 0) is 30.9 Å². The molecule has 1 fully saturated rings. The summed E-state index contributed by atoms with van der Waals surface area (Å²) in [5, 5.41) is 12.6. The van der Waals surface area contributed by atoms with Crippen molar-refractivity contribution in [1.82, 2.24) is 19.4 Å². The number of nitrogens with zero attached hydrogens (tertiary/aromatic N) is 5. The Morgan fingerprint density at radius 2 is 2.00 bits per heavy atom. The summed E-state index contributed by atoms with van der Waals surface area (Å²) in [6.45, 7) is 2.92. The monoisotopic (exact) mass is 338 g/mol. The van der Waals surface area contributed by atoms with Gasteiger partial charge in [-0.2, -0.15) is 0 Å². The van der Waals surface area contributed by atoms with E-state index >= 15 is 0 Å². The van der Waals surface area contributed by atoms with Crippen molar-refractivity contribution >= 4 is 17.2 Å². The average molecular weight is 338 g/mol. The molecule has 130 valence electrons. The molecular weight excluding hydrogens is 316 g/mol. The van der Waals surface area contributed by atoms with Crippen molar-refractivity contribution < 1.29 is 5.11 Å². The largest absolute Gasteiger partial charge is 0.396 e. The number of aliphatic hydroxyl groups excluding tert-OH is 1. The van der Waals surface area contributed by atoms with Crippen LogP contribution >= 0.6 is 0 Å². The molecule has 7 heteroatoms. The molecule has 0 spiro atoms. The van der Waals surface area contributed by atoms with Crippen LogP contribution < -0.4 is 10.2 Å². The summed E-state index contributed by atoms with van der Waals surface area (Å²) in [5.74, 6) is 1.30. The minimum absolute atomic E-state index is 0.300. The van der Waals surface area contributed by atoms with Crippen LogP contribution in [0.2, 0.25) is 0 Å². The lowest BCUT2D eigenvalue weighted by Gasteiger charge is -2.32. The molecule has 25 heavy (non-hydrogen) atoms. The molecule has 1 saturated heterocycles. The maximum Gasteiger partial charge on any atom is 0.155 e. The van der Waals surface area contributed by atoms with E-state index in [0.29, 0.717) is 19.1 Å². The van der Waals surface area contributed by atoms with Crippen molar-refractivity contribution in [2.24, 2.45) is 5.92 Å². The third kappa shape index (κ3) is 3.41. The quantitative estimate of drug-likeness (QED) is 0.740. The smallest absolute Gasteiger partial charge is 0.155 e. The number of fused-ring (bicyclic) bond motifs is 1. The Morgan fingerprint density at radius 1 is 1.12 bits per heavy atom. The Hall–Kier alpha value is -2.67. The van der Waals surface area contributed by atoms with Gasteiger partial charge < -0.3 is 15.3 Å².